The number of carbonyl (C=O) groups excluding carboxylic acids is 2. The van der Waals surface area contributed by atoms with Crippen LogP contribution in [0.5, 0.6) is 0 Å². The molecule has 7 heteroatoms. The minimum atomic E-state index is -0.944. The molecule has 0 saturated carbocycles. The number of nitrogens with two attached hydrogens (primary N) is 1. The van der Waals surface area contributed by atoms with Crippen LogP contribution >= 0.6 is 23.4 Å². The van der Waals surface area contributed by atoms with E-state index in [1.165, 1.54) is 11.8 Å². The van der Waals surface area contributed by atoms with Gasteiger partial charge >= 0.3 is 5.97 Å². The molecular weight excluding hydrogens is 396 g/mol. The summed E-state index contributed by atoms with van der Waals surface area (Å²) in [6.07, 6.45) is -0.535. The highest BCUT2D eigenvalue weighted by Crippen LogP contribution is 2.43. The van der Waals surface area contributed by atoms with Gasteiger partial charge in [-0.1, -0.05) is 60.7 Å². The lowest BCUT2D eigenvalue weighted by atomic mass is 9.89. The molecule has 0 radical (unpaired) electrons. The predicted molar refractivity (Wildman–Crippen MR) is 110 cm³/mol. The Morgan fingerprint density at radius 3 is 2.29 bits per heavy atom. The second-order valence-corrected chi connectivity index (χ2v) is 8.59. The summed E-state index contributed by atoms with van der Waals surface area (Å²) in [6, 6.07) is 18.7. The molecule has 2 aliphatic heterocycles. The number of hydrogen-bond acceptors (Lipinski definition) is 5. The molecule has 4 rings (SSSR count). The quantitative estimate of drug-likeness (QED) is 0.461. The number of alkyl halides is 1. The largest absolute Gasteiger partial charge is 0.452 e. The van der Waals surface area contributed by atoms with Crippen LogP contribution in [0.2, 0.25) is 0 Å². The summed E-state index contributed by atoms with van der Waals surface area (Å²) in [5, 5.41) is -0.0734. The van der Waals surface area contributed by atoms with Crippen molar-refractivity contribution >= 4 is 35.2 Å². The Labute approximate surface area is 173 Å². The van der Waals surface area contributed by atoms with Crippen LogP contribution in [0.3, 0.4) is 0 Å². The van der Waals surface area contributed by atoms with Gasteiger partial charge in [-0.25, -0.2) is 0 Å². The molecule has 0 spiro atoms. The van der Waals surface area contributed by atoms with E-state index >= 15 is 0 Å². The fraction of sp³-hybridized carbons (Fsp3) is 0.333. The van der Waals surface area contributed by atoms with Crippen LogP contribution in [0.15, 0.2) is 60.7 Å². The number of fused-ring (bicyclic) bond motifs is 1. The number of esters is 1. The number of β-lactam (4-membered cyclic amide) rings is 1. The lowest BCUT2D eigenvalue weighted by Crippen LogP contribution is -2.72. The maximum absolute atomic E-state index is 13.3. The molecule has 2 fully saturated rings. The first-order valence-electron chi connectivity index (χ1n) is 9.10. The summed E-state index contributed by atoms with van der Waals surface area (Å²) in [5.74, 6) is 0.0378. The molecule has 2 heterocycles. The number of benzene rings is 2. The van der Waals surface area contributed by atoms with Crippen molar-refractivity contribution in [2.45, 2.75) is 17.5 Å². The average molecular weight is 417 g/mol. The van der Waals surface area contributed by atoms with Gasteiger partial charge in [0.05, 0.1) is 0 Å². The summed E-state index contributed by atoms with van der Waals surface area (Å²) in [4.78, 5) is 27.0. The van der Waals surface area contributed by atoms with Crippen molar-refractivity contribution in [3.63, 3.8) is 0 Å². The molecule has 146 valence electrons. The molecule has 3 atom stereocenters. The molecule has 0 aliphatic carbocycles. The molecule has 0 bridgehead atoms. The van der Waals surface area contributed by atoms with E-state index in [4.69, 9.17) is 22.1 Å². The van der Waals surface area contributed by atoms with Crippen LogP contribution in [-0.4, -0.2) is 46.4 Å². The molecule has 28 heavy (non-hydrogen) atoms. The summed E-state index contributed by atoms with van der Waals surface area (Å²) in [7, 11) is 0. The third-order valence-electron chi connectivity index (χ3n) is 5.30. The number of thioether (sulfide) groups is 1. The van der Waals surface area contributed by atoms with Crippen molar-refractivity contribution < 1.29 is 14.3 Å². The van der Waals surface area contributed by atoms with Gasteiger partial charge in [0.15, 0.2) is 6.10 Å². The van der Waals surface area contributed by atoms with Crippen LogP contribution in [0.1, 0.15) is 17.2 Å². The molecule has 2 aromatic rings. The third-order valence-corrected chi connectivity index (χ3v) is 7.42. The van der Waals surface area contributed by atoms with Gasteiger partial charge in [-0.2, -0.15) is 0 Å². The van der Waals surface area contributed by atoms with Gasteiger partial charge in [-0.3, -0.25) is 9.59 Å². The highest BCUT2D eigenvalue weighted by atomic mass is 35.5. The van der Waals surface area contributed by atoms with E-state index in [0.717, 1.165) is 11.1 Å². The van der Waals surface area contributed by atoms with E-state index in [1.807, 2.05) is 60.7 Å². The Balaban J connectivity index is 1.59. The van der Waals surface area contributed by atoms with E-state index in [0.29, 0.717) is 5.75 Å². The minimum absolute atomic E-state index is 0.0734. The summed E-state index contributed by atoms with van der Waals surface area (Å²) >= 11 is 7.74. The van der Waals surface area contributed by atoms with Gasteiger partial charge in [0.25, 0.3) is 0 Å². The monoisotopic (exact) mass is 416 g/mol. The smallest absolute Gasteiger partial charge is 0.316 e. The molecule has 1 amide bonds. The van der Waals surface area contributed by atoms with Crippen LogP contribution in [0.25, 0.3) is 0 Å². The zero-order valence-corrected chi connectivity index (χ0v) is 16.7. The van der Waals surface area contributed by atoms with E-state index in [-0.39, 0.29) is 29.7 Å². The van der Waals surface area contributed by atoms with Gasteiger partial charge < -0.3 is 15.4 Å². The number of amides is 1. The summed E-state index contributed by atoms with van der Waals surface area (Å²) in [6.45, 7) is 0.246. The Morgan fingerprint density at radius 1 is 1.18 bits per heavy atom. The molecule has 2 aromatic carbocycles. The molecule has 2 unspecified atom stereocenters. The van der Waals surface area contributed by atoms with E-state index in [9.17, 15) is 9.59 Å². The van der Waals surface area contributed by atoms with Gasteiger partial charge in [-0.05, 0) is 11.1 Å². The highest BCUT2D eigenvalue weighted by molar-refractivity contribution is 8.00. The number of ether oxygens (including phenoxy) is 1. The molecule has 0 aromatic heterocycles. The van der Waals surface area contributed by atoms with Crippen molar-refractivity contribution in [1.82, 2.24) is 4.90 Å². The Morgan fingerprint density at radius 2 is 1.75 bits per heavy atom. The van der Waals surface area contributed by atoms with Gasteiger partial charge in [-0.15, -0.1) is 23.4 Å². The highest BCUT2D eigenvalue weighted by Gasteiger charge is 2.56. The van der Waals surface area contributed by atoms with Crippen molar-refractivity contribution in [3.05, 3.63) is 71.8 Å². The van der Waals surface area contributed by atoms with E-state index in [2.05, 4.69) is 0 Å². The van der Waals surface area contributed by atoms with E-state index in [1.54, 1.807) is 4.90 Å². The number of halogens is 1. The Bertz CT molecular complexity index is 827. The average Bonchev–Trinajstić information content (AvgIpc) is 2.77. The first kappa shape index (κ1) is 19.3. The predicted octanol–water partition coefficient (Wildman–Crippen LogP) is 2.79. The normalized spacial score (nSPS) is 26.5. The molecule has 2 aliphatic rings. The van der Waals surface area contributed by atoms with Crippen LogP contribution in [-0.2, 0) is 14.3 Å². The molecule has 2 saturated heterocycles. The van der Waals surface area contributed by atoms with Gasteiger partial charge in [0.2, 0.25) is 5.91 Å². The van der Waals surface area contributed by atoms with Crippen molar-refractivity contribution in [1.29, 1.82) is 0 Å². The third kappa shape index (κ3) is 3.30. The van der Waals surface area contributed by atoms with Crippen LogP contribution in [0, 0.1) is 5.41 Å². The topological polar surface area (TPSA) is 72.6 Å². The summed E-state index contributed by atoms with van der Waals surface area (Å²) < 4.78 is 6.02. The lowest BCUT2D eigenvalue weighted by molar-refractivity contribution is -0.163. The molecule has 5 nitrogen and oxygen atoms in total. The SMILES string of the molecule is NC1C(=O)N2CC(CCl)(C(=O)OC(c3ccccc3)c3ccccc3)CS[C@H]12. The zero-order chi connectivity index (χ0) is 19.7. The first-order chi connectivity index (χ1) is 13.6. The Kier molecular flexibility index (Phi) is 5.36. The number of nitrogens with zero attached hydrogens (tertiary/aromatic N) is 1. The maximum Gasteiger partial charge on any atom is 0.316 e. The summed E-state index contributed by atoms with van der Waals surface area (Å²) in [5.41, 5.74) is 6.68. The minimum Gasteiger partial charge on any atom is -0.452 e. The van der Waals surface area contributed by atoms with Gasteiger partial charge in [0.1, 0.15) is 16.8 Å². The van der Waals surface area contributed by atoms with Crippen LogP contribution < -0.4 is 5.73 Å². The fourth-order valence-corrected chi connectivity index (χ4v) is 5.49. The lowest BCUT2D eigenvalue weighted by Gasteiger charge is -2.52. The number of rotatable bonds is 5. The zero-order valence-electron chi connectivity index (χ0n) is 15.2. The first-order valence-corrected chi connectivity index (χ1v) is 10.7. The molecule has 2 N–H and O–H groups in total. The standard InChI is InChI=1S/C21H21ClN2O3S/c22-11-21(12-24-18(25)16(23)19(24)28-13-21)20(26)27-17(14-7-3-1-4-8-14)15-9-5-2-6-10-15/h1-10,16-17,19H,11-13,23H2/t16?,19-,21?/m1/s1. The number of carbonyl (C=O) groups is 2. The van der Waals surface area contributed by atoms with E-state index < -0.39 is 17.6 Å². The van der Waals surface area contributed by atoms with Crippen molar-refractivity contribution in [3.8, 4) is 0 Å². The second kappa shape index (κ2) is 7.78. The van der Waals surface area contributed by atoms with Crippen LogP contribution in [0.4, 0.5) is 0 Å². The number of hydrogen-bond donors (Lipinski definition) is 1. The van der Waals surface area contributed by atoms with Crippen molar-refractivity contribution in [2.24, 2.45) is 11.1 Å². The second-order valence-electron chi connectivity index (χ2n) is 7.21. The maximum atomic E-state index is 13.3. The Hall–Kier alpha value is -2.02. The van der Waals surface area contributed by atoms with Crippen molar-refractivity contribution in [2.75, 3.05) is 18.2 Å². The fourth-order valence-electron chi connectivity index (χ4n) is 3.60. The van der Waals surface area contributed by atoms with Gasteiger partial charge in [0, 0.05) is 18.2 Å². The molecular formula is C21H21ClN2O3S.